The van der Waals surface area contributed by atoms with Gasteiger partial charge < -0.3 is 5.32 Å². The Kier molecular flexibility index (Phi) is 6.52. The van der Waals surface area contributed by atoms with Crippen LogP contribution in [0.2, 0.25) is 0 Å². The predicted molar refractivity (Wildman–Crippen MR) is 135 cm³/mol. The SMILES string of the molecule is OS(O)(Cc1ccccc1)c1nc(CN2CCCCC2)cc(Nc2nc3cccnc3s2)n1.[HH]. The van der Waals surface area contributed by atoms with Gasteiger partial charge in [-0.05, 0) is 43.6 Å². The standard InChI is InChI=1S/C23H26N6O2S2.H2/c30-33(31,16-17-8-3-1-4-9-17)23-25-18(15-29-12-5-2-6-13-29)14-20(28-23)27-22-26-19-10-7-11-24-21(19)32-22;/h1,3-4,7-11,14,30-31H,2,5-6,12-13,15-16H2,(H,25,26,27,28);1H. The van der Waals surface area contributed by atoms with E-state index in [0.717, 1.165) is 34.7 Å². The molecule has 3 aromatic heterocycles. The van der Waals surface area contributed by atoms with Crippen molar-refractivity contribution in [1.29, 1.82) is 0 Å². The number of aromatic nitrogens is 4. The first-order chi connectivity index (χ1) is 16.0. The molecule has 4 heterocycles. The summed E-state index contributed by atoms with van der Waals surface area (Å²) in [5.41, 5.74) is 2.40. The molecule has 1 aliphatic rings. The molecular formula is C23H28N6O2S2. The van der Waals surface area contributed by atoms with Gasteiger partial charge in [0.05, 0.1) is 11.4 Å². The van der Waals surface area contributed by atoms with Crippen LogP contribution in [0.1, 0.15) is 31.9 Å². The zero-order chi connectivity index (χ0) is 22.7. The molecule has 1 aromatic carbocycles. The first-order valence-corrected chi connectivity index (χ1v) is 13.5. The van der Waals surface area contributed by atoms with E-state index >= 15 is 0 Å². The minimum Gasteiger partial charge on any atom is -0.316 e. The number of anilines is 2. The van der Waals surface area contributed by atoms with Crippen molar-refractivity contribution in [3.8, 4) is 0 Å². The summed E-state index contributed by atoms with van der Waals surface area (Å²) in [4.78, 5) is 21.2. The van der Waals surface area contributed by atoms with E-state index in [1.807, 2.05) is 48.5 Å². The van der Waals surface area contributed by atoms with Crippen LogP contribution in [0.25, 0.3) is 10.3 Å². The van der Waals surface area contributed by atoms with Crippen molar-refractivity contribution in [3.05, 3.63) is 66.0 Å². The minimum absolute atomic E-state index is 0. The summed E-state index contributed by atoms with van der Waals surface area (Å²) in [6.45, 7) is 2.68. The topological polar surface area (TPSA) is 107 Å². The van der Waals surface area contributed by atoms with Crippen LogP contribution < -0.4 is 5.32 Å². The first-order valence-electron chi connectivity index (χ1n) is 10.9. The fraction of sp³-hybridized carbons (Fsp3) is 0.304. The molecule has 0 unspecified atom stereocenters. The second kappa shape index (κ2) is 9.70. The fourth-order valence-corrected chi connectivity index (χ4v) is 6.02. The molecule has 1 fully saturated rings. The van der Waals surface area contributed by atoms with Crippen LogP contribution >= 0.6 is 21.9 Å². The molecule has 8 nitrogen and oxygen atoms in total. The van der Waals surface area contributed by atoms with Crippen LogP contribution in [0.15, 0.2) is 59.9 Å². The lowest BCUT2D eigenvalue weighted by molar-refractivity contribution is 0.218. The van der Waals surface area contributed by atoms with Gasteiger partial charge in [0.2, 0.25) is 5.16 Å². The number of fused-ring (bicyclic) bond motifs is 1. The van der Waals surface area contributed by atoms with Gasteiger partial charge in [0.15, 0.2) is 5.13 Å². The molecule has 5 rings (SSSR count). The lowest BCUT2D eigenvalue weighted by atomic mass is 10.1. The van der Waals surface area contributed by atoms with E-state index in [9.17, 15) is 9.11 Å². The summed E-state index contributed by atoms with van der Waals surface area (Å²) in [5, 5.41) is 3.94. The second-order valence-electron chi connectivity index (χ2n) is 8.13. The zero-order valence-electron chi connectivity index (χ0n) is 18.1. The van der Waals surface area contributed by atoms with E-state index in [2.05, 4.69) is 30.2 Å². The van der Waals surface area contributed by atoms with Crippen molar-refractivity contribution >= 4 is 43.2 Å². The Hall–Kier alpha value is -2.63. The maximum Gasteiger partial charge on any atom is 0.244 e. The molecule has 0 aliphatic carbocycles. The summed E-state index contributed by atoms with van der Waals surface area (Å²) in [5.74, 6) is 0.574. The Bertz CT molecular complexity index is 1200. The van der Waals surface area contributed by atoms with Crippen LogP contribution in [-0.2, 0) is 12.3 Å². The quantitative estimate of drug-likeness (QED) is 0.284. The van der Waals surface area contributed by atoms with Crippen LogP contribution in [0, 0.1) is 0 Å². The number of likely N-dealkylation sites (tertiary alicyclic amines) is 1. The third-order valence-electron chi connectivity index (χ3n) is 5.50. The van der Waals surface area contributed by atoms with Gasteiger partial charge in [-0.1, -0.05) is 48.1 Å². The monoisotopic (exact) mass is 484 g/mol. The van der Waals surface area contributed by atoms with Crippen molar-refractivity contribution in [2.24, 2.45) is 0 Å². The highest BCUT2D eigenvalue weighted by Gasteiger charge is 2.23. The van der Waals surface area contributed by atoms with Crippen molar-refractivity contribution < 1.29 is 10.5 Å². The van der Waals surface area contributed by atoms with Gasteiger partial charge in [-0.15, -0.1) is 10.6 Å². The smallest absolute Gasteiger partial charge is 0.244 e. The number of piperidine rings is 1. The summed E-state index contributed by atoms with van der Waals surface area (Å²) in [7, 11) is -3.23. The highest BCUT2D eigenvalue weighted by atomic mass is 32.3. The summed E-state index contributed by atoms with van der Waals surface area (Å²) in [6.07, 6.45) is 5.33. The average Bonchev–Trinajstić information content (AvgIpc) is 3.22. The van der Waals surface area contributed by atoms with Crippen molar-refractivity contribution in [2.45, 2.75) is 36.7 Å². The summed E-state index contributed by atoms with van der Waals surface area (Å²) >= 11 is 1.43. The van der Waals surface area contributed by atoms with Crippen LogP contribution in [0.5, 0.6) is 0 Å². The highest BCUT2D eigenvalue weighted by Crippen LogP contribution is 2.49. The van der Waals surface area contributed by atoms with Crippen molar-refractivity contribution in [2.75, 3.05) is 18.4 Å². The lowest BCUT2D eigenvalue weighted by Crippen LogP contribution is -2.29. The molecule has 174 valence electrons. The number of pyridine rings is 1. The summed E-state index contributed by atoms with van der Waals surface area (Å²) in [6, 6.07) is 15.0. The molecule has 1 saturated heterocycles. The number of hydrogen-bond donors (Lipinski definition) is 3. The molecule has 0 atom stereocenters. The molecule has 0 amide bonds. The van der Waals surface area contributed by atoms with Gasteiger partial charge in [0.25, 0.3) is 0 Å². The first kappa shape index (κ1) is 22.2. The van der Waals surface area contributed by atoms with E-state index in [1.165, 1.54) is 30.6 Å². The maximum absolute atomic E-state index is 11.0. The number of benzene rings is 1. The van der Waals surface area contributed by atoms with Crippen LogP contribution in [0.4, 0.5) is 10.9 Å². The van der Waals surface area contributed by atoms with Gasteiger partial charge in [0, 0.05) is 20.2 Å². The molecule has 0 radical (unpaired) electrons. The van der Waals surface area contributed by atoms with Crippen LogP contribution in [0.3, 0.4) is 0 Å². The number of hydrogen-bond acceptors (Lipinski definition) is 9. The third kappa shape index (κ3) is 5.48. The Morgan fingerprint density at radius 2 is 1.82 bits per heavy atom. The molecule has 0 spiro atoms. The average molecular weight is 485 g/mol. The lowest BCUT2D eigenvalue weighted by Gasteiger charge is -2.31. The van der Waals surface area contributed by atoms with E-state index in [0.29, 0.717) is 17.5 Å². The van der Waals surface area contributed by atoms with Gasteiger partial charge in [-0.3, -0.25) is 14.0 Å². The van der Waals surface area contributed by atoms with E-state index in [-0.39, 0.29) is 12.3 Å². The van der Waals surface area contributed by atoms with Crippen molar-refractivity contribution in [3.63, 3.8) is 0 Å². The van der Waals surface area contributed by atoms with E-state index in [4.69, 9.17) is 0 Å². The molecular weight excluding hydrogens is 456 g/mol. The molecule has 4 aromatic rings. The molecule has 0 saturated carbocycles. The van der Waals surface area contributed by atoms with Gasteiger partial charge in [-0.25, -0.2) is 15.0 Å². The Morgan fingerprint density at radius 3 is 2.61 bits per heavy atom. The Morgan fingerprint density at radius 1 is 1.00 bits per heavy atom. The second-order valence-corrected chi connectivity index (χ2v) is 11.1. The van der Waals surface area contributed by atoms with Gasteiger partial charge >= 0.3 is 0 Å². The molecule has 1 aliphatic heterocycles. The molecule has 33 heavy (non-hydrogen) atoms. The molecule has 10 heteroatoms. The normalized spacial score (nSPS) is 15.6. The maximum atomic E-state index is 11.0. The summed E-state index contributed by atoms with van der Waals surface area (Å²) < 4.78 is 22.0. The molecule has 0 bridgehead atoms. The van der Waals surface area contributed by atoms with Crippen molar-refractivity contribution in [1.82, 2.24) is 24.8 Å². The molecule has 3 N–H and O–H groups in total. The van der Waals surface area contributed by atoms with Crippen LogP contribution in [-0.4, -0.2) is 47.0 Å². The van der Waals surface area contributed by atoms with E-state index < -0.39 is 10.6 Å². The third-order valence-corrected chi connectivity index (χ3v) is 7.90. The Labute approximate surface area is 199 Å². The fourth-order valence-electron chi connectivity index (χ4n) is 3.92. The zero-order valence-corrected chi connectivity index (χ0v) is 19.7. The number of nitrogens with zero attached hydrogens (tertiary/aromatic N) is 5. The Balaban J connectivity index is 0.00000274. The number of nitrogens with one attached hydrogen (secondary N) is 1. The largest absolute Gasteiger partial charge is 0.316 e. The minimum atomic E-state index is -3.23. The van der Waals surface area contributed by atoms with Gasteiger partial charge in [-0.2, -0.15) is 4.98 Å². The van der Waals surface area contributed by atoms with E-state index in [1.54, 1.807) is 6.20 Å². The van der Waals surface area contributed by atoms with Gasteiger partial charge in [0.1, 0.15) is 16.2 Å². The predicted octanol–water partition coefficient (Wildman–Crippen LogP) is 5.77. The number of thiazole rings is 1. The highest BCUT2D eigenvalue weighted by molar-refractivity contribution is 8.23. The number of rotatable bonds is 7.